The fourth-order valence-corrected chi connectivity index (χ4v) is 3.57. The number of nitrogens with zero attached hydrogens (tertiary/aromatic N) is 2. The second-order valence-corrected chi connectivity index (χ2v) is 6.44. The van der Waals surface area contributed by atoms with E-state index in [0.29, 0.717) is 19.5 Å². The molecule has 0 spiro atoms. The van der Waals surface area contributed by atoms with E-state index in [-0.39, 0.29) is 18.1 Å². The van der Waals surface area contributed by atoms with Crippen molar-refractivity contribution >= 4 is 17.2 Å². The Morgan fingerprint density at radius 2 is 2.23 bits per heavy atom. The first-order chi connectivity index (χ1) is 10.6. The van der Waals surface area contributed by atoms with Crippen LogP contribution < -0.4 is 10.5 Å². The van der Waals surface area contributed by atoms with E-state index in [1.807, 2.05) is 42.8 Å². The molecule has 1 fully saturated rings. The summed E-state index contributed by atoms with van der Waals surface area (Å²) in [5, 5.41) is 0. The van der Waals surface area contributed by atoms with Gasteiger partial charge in [-0.2, -0.15) is 0 Å². The van der Waals surface area contributed by atoms with Gasteiger partial charge in [-0.1, -0.05) is 18.2 Å². The number of rotatable bonds is 5. The van der Waals surface area contributed by atoms with Crippen molar-refractivity contribution in [3.05, 3.63) is 46.4 Å². The molecular formula is C16H19N3O2S. The number of para-hydroxylation sites is 1. The number of likely N-dealkylation sites (tertiary alicyclic amines) is 1. The predicted octanol–water partition coefficient (Wildman–Crippen LogP) is 1.96. The monoisotopic (exact) mass is 317 g/mol. The summed E-state index contributed by atoms with van der Waals surface area (Å²) in [7, 11) is 0. The Bertz CT molecular complexity index is 644. The molecule has 0 aliphatic carbocycles. The highest BCUT2D eigenvalue weighted by Gasteiger charge is 2.37. The molecule has 5 nitrogen and oxygen atoms in total. The van der Waals surface area contributed by atoms with E-state index in [9.17, 15) is 4.79 Å². The van der Waals surface area contributed by atoms with Gasteiger partial charge in [0, 0.05) is 24.4 Å². The average Bonchev–Trinajstić information content (AvgIpc) is 3.08. The van der Waals surface area contributed by atoms with Gasteiger partial charge >= 0.3 is 0 Å². The molecule has 2 atom stereocenters. The number of primary amides is 1. The molecule has 2 aromatic rings. The van der Waals surface area contributed by atoms with Crippen LogP contribution in [0.1, 0.15) is 17.0 Å². The predicted molar refractivity (Wildman–Crippen MR) is 85.7 cm³/mol. The number of carbonyl (C=O) groups is 1. The highest BCUT2D eigenvalue weighted by Crippen LogP contribution is 2.26. The number of amides is 1. The molecule has 1 aliphatic rings. The summed E-state index contributed by atoms with van der Waals surface area (Å²) in [6.45, 7) is 3.37. The molecule has 0 radical (unpaired) electrons. The summed E-state index contributed by atoms with van der Waals surface area (Å²) in [5.41, 5.74) is 8.41. The van der Waals surface area contributed by atoms with Crippen LogP contribution >= 0.6 is 11.3 Å². The SMILES string of the molecule is Cc1ncsc1CN1CC(Oc2ccccc2)CC1C(N)=O. The fraction of sp³-hybridized carbons (Fsp3) is 0.375. The van der Waals surface area contributed by atoms with Crippen molar-refractivity contribution < 1.29 is 9.53 Å². The smallest absolute Gasteiger partial charge is 0.234 e. The van der Waals surface area contributed by atoms with Crippen LogP contribution in [0, 0.1) is 6.92 Å². The minimum atomic E-state index is -0.290. The van der Waals surface area contributed by atoms with Gasteiger partial charge in [0.2, 0.25) is 5.91 Å². The number of hydrogen-bond donors (Lipinski definition) is 1. The van der Waals surface area contributed by atoms with Crippen molar-refractivity contribution in [3.8, 4) is 5.75 Å². The zero-order valence-corrected chi connectivity index (χ0v) is 13.3. The summed E-state index contributed by atoms with van der Waals surface area (Å²) < 4.78 is 5.97. The quantitative estimate of drug-likeness (QED) is 0.915. The van der Waals surface area contributed by atoms with Crippen molar-refractivity contribution in [1.29, 1.82) is 0 Å². The van der Waals surface area contributed by atoms with Crippen molar-refractivity contribution in [2.45, 2.75) is 32.0 Å². The van der Waals surface area contributed by atoms with E-state index < -0.39 is 0 Å². The molecule has 3 rings (SSSR count). The fourth-order valence-electron chi connectivity index (χ4n) is 2.77. The molecule has 1 aromatic carbocycles. The van der Waals surface area contributed by atoms with Gasteiger partial charge in [0.15, 0.2) is 0 Å². The van der Waals surface area contributed by atoms with Gasteiger partial charge in [-0.25, -0.2) is 4.98 Å². The van der Waals surface area contributed by atoms with Crippen LogP contribution in [0.15, 0.2) is 35.8 Å². The van der Waals surface area contributed by atoms with Crippen LogP contribution in [0.5, 0.6) is 5.75 Å². The number of aromatic nitrogens is 1. The summed E-state index contributed by atoms with van der Waals surface area (Å²) >= 11 is 1.61. The third-order valence-electron chi connectivity index (χ3n) is 3.93. The zero-order valence-electron chi connectivity index (χ0n) is 12.4. The number of thiazole rings is 1. The molecule has 6 heteroatoms. The summed E-state index contributed by atoms with van der Waals surface area (Å²) in [6.07, 6.45) is 0.607. The van der Waals surface area contributed by atoms with Crippen molar-refractivity contribution in [1.82, 2.24) is 9.88 Å². The molecule has 2 N–H and O–H groups in total. The number of aryl methyl sites for hydroxylation is 1. The molecule has 0 bridgehead atoms. The zero-order chi connectivity index (χ0) is 15.5. The molecule has 1 saturated heterocycles. The minimum Gasteiger partial charge on any atom is -0.489 e. The molecule has 2 unspecified atom stereocenters. The topological polar surface area (TPSA) is 68.5 Å². The molecule has 116 valence electrons. The first kappa shape index (κ1) is 15.0. The third kappa shape index (κ3) is 3.28. The largest absolute Gasteiger partial charge is 0.489 e. The van der Waals surface area contributed by atoms with E-state index in [0.717, 1.165) is 11.4 Å². The lowest BCUT2D eigenvalue weighted by atomic mass is 10.2. The molecule has 1 aromatic heterocycles. The van der Waals surface area contributed by atoms with Crippen molar-refractivity contribution in [3.63, 3.8) is 0 Å². The van der Waals surface area contributed by atoms with Crippen LogP contribution in [0.3, 0.4) is 0 Å². The average molecular weight is 317 g/mol. The lowest BCUT2D eigenvalue weighted by Gasteiger charge is -2.20. The normalized spacial score (nSPS) is 21.9. The standard InChI is InChI=1S/C16H19N3O2S/c1-11-15(22-10-18-11)9-19-8-13(7-14(19)16(17)20)21-12-5-3-2-4-6-12/h2-6,10,13-14H,7-9H2,1H3,(H2,17,20). The van der Waals surface area contributed by atoms with Crippen LogP contribution in [0.4, 0.5) is 0 Å². The number of nitrogens with two attached hydrogens (primary N) is 1. The Labute approximate surface area is 133 Å². The van der Waals surface area contributed by atoms with Crippen molar-refractivity contribution in [2.75, 3.05) is 6.54 Å². The Balaban J connectivity index is 1.70. The lowest BCUT2D eigenvalue weighted by molar-refractivity contribution is -0.122. The van der Waals surface area contributed by atoms with Gasteiger partial charge in [0.25, 0.3) is 0 Å². The number of benzene rings is 1. The lowest BCUT2D eigenvalue weighted by Crippen LogP contribution is -2.39. The van der Waals surface area contributed by atoms with Crippen molar-refractivity contribution in [2.24, 2.45) is 5.73 Å². The summed E-state index contributed by atoms with van der Waals surface area (Å²) in [6, 6.07) is 9.40. The molecule has 1 amide bonds. The van der Waals surface area contributed by atoms with E-state index >= 15 is 0 Å². The maximum atomic E-state index is 11.7. The van der Waals surface area contributed by atoms with Gasteiger partial charge in [-0.3, -0.25) is 9.69 Å². The Hall–Kier alpha value is -1.92. The van der Waals surface area contributed by atoms with Crippen LogP contribution in [-0.4, -0.2) is 34.5 Å². The molecule has 0 saturated carbocycles. The first-order valence-corrected chi connectivity index (χ1v) is 8.15. The second-order valence-electron chi connectivity index (χ2n) is 5.50. The first-order valence-electron chi connectivity index (χ1n) is 7.27. The number of hydrogen-bond acceptors (Lipinski definition) is 5. The van der Waals surface area contributed by atoms with E-state index in [1.165, 1.54) is 4.88 Å². The Kier molecular flexibility index (Phi) is 4.40. The van der Waals surface area contributed by atoms with Gasteiger partial charge in [-0.15, -0.1) is 11.3 Å². The maximum Gasteiger partial charge on any atom is 0.234 e. The van der Waals surface area contributed by atoms with Gasteiger partial charge in [-0.05, 0) is 19.1 Å². The molecule has 1 aliphatic heterocycles. The molecular weight excluding hydrogens is 298 g/mol. The highest BCUT2D eigenvalue weighted by molar-refractivity contribution is 7.09. The van der Waals surface area contributed by atoms with Crippen LogP contribution in [0.2, 0.25) is 0 Å². The molecule has 22 heavy (non-hydrogen) atoms. The van der Waals surface area contributed by atoms with Gasteiger partial charge < -0.3 is 10.5 Å². The summed E-state index contributed by atoms with van der Waals surface area (Å²) in [4.78, 5) is 19.3. The second kappa shape index (κ2) is 6.46. The van der Waals surface area contributed by atoms with Crippen LogP contribution in [0.25, 0.3) is 0 Å². The van der Waals surface area contributed by atoms with E-state index in [4.69, 9.17) is 10.5 Å². The summed E-state index contributed by atoms with van der Waals surface area (Å²) in [5.74, 6) is 0.535. The minimum absolute atomic E-state index is 0.0203. The Morgan fingerprint density at radius 1 is 1.45 bits per heavy atom. The highest BCUT2D eigenvalue weighted by atomic mass is 32.1. The number of ether oxygens (including phenoxy) is 1. The van der Waals surface area contributed by atoms with E-state index in [2.05, 4.69) is 9.88 Å². The van der Waals surface area contributed by atoms with E-state index in [1.54, 1.807) is 11.3 Å². The molecule has 2 heterocycles. The van der Waals surface area contributed by atoms with Crippen LogP contribution in [-0.2, 0) is 11.3 Å². The van der Waals surface area contributed by atoms with Gasteiger partial charge in [0.05, 0.1) is 17.2 Å². The van der Waals surface area contributed by atoms with Gasteiger partial charge in [0.1, 0.15) is 11.9 Å². The Morgan fingerprint density at radius 3 is 2.86 bits per heavy atom. The maximum absolute atomic E-state index is 11.7. The number of carbonyl (C=O) groups excluding carboxylic acids is 1. The third-order valence-corrected chi connectivity index (χ3v) is 4.85.